The lowest BCUT2D eigenvalue weighted by atomic mass is 10.0. The fourth-order valence-corrected chi connectivity index (χ4v) is 22.8. The van der Waals surface area contributed by atoms with Crippen molar-refractivity contribution in [2.75, 3.05) is 82.5 Å². The number of unbranched alkanes of at least 4 members (excludes halogenated alkanes) is 12. The lowest BCUT2D eigenvalue weighted by molar-refractivity contribution is -0.125. The highest BCUT2D eigenvalue weighted by Crippen LogP contribution is 2.37. The second kappa shape index (κ2) is 52.0. The van der Waals surface area contributed by atoms with Crippen molar-refractivity contribution in [1.29, 1.82) is 0 Å². The molecule has 12 amide bonds. The summed E-state index contributed by atoms with van der Waals surface area (Å²) < 4.78 is 4.80. The van der Waals surface area contributed by atoms with E-state index in [9.17, 15) is 72.2 Å². The first-order chi connectivity index (χ1) is 57.6. The van der Waals surface area contributed by atoms with Crippen LogP contribution in [0, 0.1) is 0 Å². The second-order valence-corrected chi connectivity index (χ2v) is 37.8. The molecule has 12 unspecified atom stereocenters. The number of rotatable bonds is 58. The Hall–Kier alpha value is -7.66. The monoisotopic (exact) mass is 1730 g/mol. The summed E-state index contributed by atoms with van der Waals surface area (Å²) in [6.45, 7) is 3.53. The second-order valence-electron chi connectivity index (χ2n) is 32.7. The van der Waals surface area contributed by atoms with Gasteiger partial charge in [0, 0.05) is 135 Å². The number of hydrogen-bond donors (Lipinski definition) is 13. The molecule has 10 rings (SSSR count). The minimum atomic E-state index is -1.02. The molecule has 34 heteroatoms. The molecule has 30 nitrogen and oxygen atoms in total. The van der Waals surface area contributed by atoms with E-state index in [0.717, 1.165) is 163 Å². The van der Waals surface area contributed by atoms with Crippen molar-refractivity contribution < 1.29 is 77.0 Å². The van der Waals surface area contributed by atoms with Crippen LogP contribution in [-0.2, 0) is 56.2 Å². The summed E-state index contributed by atoms with van der Waals surface area (Å²) in [5.74, 6) is 2.62. The number of Topliss-reactive ketones (excluding diaryl/α,β-unsaturated/α-hetero) is 4. The minimum Gasteiger partial charge on any atom is -0.478 e. The number of esters is 1. The Bertz CT molecular complexity index is 3510. The van der Waals surface area contributed by atoms with Crippen molar-refractivity contribution in [3.8, 4) is 0 Å². The first-order valence-corrected chi connectivity index (χ1v) is 47.6. The minimum absolute atomic E-state index is 0.0325. The number of nitrogens with zero attached hydrogens (tertiary/aromatic N) is 2. The summed E-state index contributed by atoms with van der Waals surface area (Å²) >= 11 is 7.54. The van der Waals surface area contributed by atoms with Crippen molar-refractivity contribution in [3.63, 3.8) is 0 Å². The summed E-state index contributed by atoms with van der Waals surface area (Å²) in [6.07, 6.45) is 23.5. The summed E-state index contributed by atoms with van der Waals surface area (Å²) in [7, 11) is 1.33. The van der Waals surface area contributed by atoms with Gasteiger partial charge in [-0.1, -0.05) is 75.6 Å². The lowest BCUT2D eigenvalue weighted by Gasteiger charge is -2.21. The van der Waals surface area contributed by atoms with Gasteiger partial charge in [-0.15, -0.1) is 0 Å². The van der Waals surface area contributed by atoms with Crippen molar-refractivity contribution in [1.82, 2.24) is 73.6 Å². The Balaban J connectivity index is 0.000000271. The van der Waals surface area contributed by atoms with Crippen LogP contribution in [0.2, 0.25) is 0 Å². The predicted molar refractivity (Wildman–Crippen MR) is 464 cm³/mol. The number of hydrogen-bond acceptors (Lipinski definition) is 21. The number of thioether (sulfide) groups is 4. The van der Waals surface area contributed by atoms with E-state index in [1.54, 1.807) is 24.3 Å². The smallest absolute Gasteiger partial charge is 0.337 e. The summed E-state index contributed by atoms with van der Waals surface area (Å²) in [4.78, 5) is 175. The molecule has 658 valence electrons. The van der Waals surface area contributed by atoms with Gasteiger partial charge in [0.15, 0.2) is 0 Å². The Labute approximate surface area is 717 Å². The van der Waals surface area contributed by atoms with E-state index in [4.69, 9.17) is 4.74 Å². The molecule has 0 aliphatic carbocycles. The molecule has 8 aliphatic rings. The van der Waals surface area contributed by atoms with Crippen LogP contribution in [-0.4, -0.2) is 250 Å². The quantitative estimate of drug-likeness (QED) is 0.0168. The summed E-state index contributed by atoms with van der Waals surface area (Å²) in [5.41, 5.74) is 2.30. The lowest BCUT2D eigenvalue weighted by Crippen LogP contribution is -2.36. The van der Waals surface area contributed by atoms with E-state index in [0.29, 0.717) is 143 Å². The van der Waals surface area contributed by atoms with Crippen LogP contribution in [0.1, 0.15) is 237 Å². The molecule has 13 N–H and O–H groups in total. The van der Waals surface area contributed by atoms with Gasteiger partial charge in [0.1, 0.15) is 23.1 Å². The number of carboxylic acid groups (broad SMARTS) is 1. The Morgan fingerprint density at radius 1 is 0.345 bits per heavy atom. The number of fused-ring (bicyclic) bond motifs is 4. The molecule has 0 spiro atoms. The molecular formula is C85H128N14O16S4. The van der Waals surface area contributed by atoms with E-state index in [1.807, 2.05) is 69.0 Å². The normalized spacial score (nSPS) is 22.7. The third kappa shape index (κ3) is 34.3. The molecule has 8 heterocycles. The van der Waals surface area contributed by atoms with Crippen molar-refractivity contribution in [2.45, 2.75) is 288 Å². The maximum absolute atomic E-state index is 13.1. The molecule has 8 aliphatic heterocycles. The van der Waals surface area contributed by atoms with E-state index in [2.05, 4.69) is 63.8 Å². The summed E-state index contributed by atoms with van der Waals surface area (Å²) in [6, 6.07) is 14.7. The fourth-order valence-electron chi connectivity index (χ4n) is 16.6. The van der Waals surface area contributed by atoms with Crippen LogP contribution >= 0.6 is 47.0 Å². The third-order valence-electron chi connectivity index (χ3n) is 23.1. The van der Waals surface area contributed by atoms with Crippen LogP contribution < -0.4 is 63.8 Å². The van der Waals surface area contributed by atoms with Gasteiger partial charge in [-0.2, -0.15) is 47.0 Å². The number of ether oxygens (including phenoxy) is 1. The topological polar surface area (TPSA) is 419 Å². The molecule has 0 aromatic heterocycles. The number of carbonyl (C=O) groups is 14. The van der Waals surface area contributed by atoms with Crippen LogP contribution in [0.5, 0.6) is 0 Å². The van der Waals surface area contributed by atoms with Crippen molar-refractivity contribution in [3.05, 3.63) is 70.8 Å². The zero-order valence-corrected chi connectivity index (χ0v) is 72.4. The van der Waals surface area contributed by atoms with E-state index >= 15 is 0 Å². The maximum atomic E-state index is 13.1. The van der Waals surface area contributed by atoms with Gasteiger partial charge in [-0.05, 0) is 138 Å². The highest BCUT2D eigenvalue weighted by Gasteiger charge is 2.46. The number of methoxy groups -OCH3 is 1. The third-order valence-corrected chi connectivity index (χ3v) is 29.2. The van der Waals surface area contributed by atoms with Gasteiger partial charge in [0.25, 0.3) is 0 Å². The van der Waals surface area contributed by atoms with Gasteiger partial charge < -0.3 is 73.6 Å². The first-order valence-electron chi connectivity index (χ1n) is 43.4. The Morgan fingerprint density at radius 3 is 0.849 bits per heavy atom. The fraction of sp³-hybridized carbons (Fsp3) is 0.694. The zero-order valence-electron chi connectivity index (χ0n) is 69.2. The number of amides is 12. The predicted octanol–water partition coefficient (Wildman–Crippen LogP) is 8.35. The van der Waals surface area contributed by atoms with Gasteiger partial charge in [-0.25, -0.2) is 28.8 Å². The largest absolute Gasteiger partial charge is 0.478 e. The first kappa shape index (κ1) is 95.2. The van der Waals surface area contributed by atoms with Gasteiger partial charge in [0.05, 0.1) is 92.8 Å². The maximum Gasteiger partial charge on any atom is 0.337 e. The molecule has 2 aromatic rings. The van der Waals surface area contributed by atoms with Crippen molar-refractivity contribution >= 4 is 130 Å². The number of aromatic carboxylic acids is 1. The molecule has 8 saturated heterocycles. The molecule has 2 aromatic carbocycles. The van der Waals surface area contributed by atoms with Gasteiger partial charge in [0.2, 0.25) is 23.6 Å². The molecule has 0 radical (unpaired) electrons. The molecule has 8 fully saturated rings. The van der Waals surface area contributed by atoms with Gasteiger partial charge >= 0.3 is 36.1 Å². The highest BCUT2D eigenvalue weighted by molar-refractivity contribution is 8.01. The standard InChI is InChI=1S/C43H65N7O8S2.C42H63N7O8S2/c1-58-41(55)30-20-18-29(19-21-30)24-50(25-31(51)12-4-2-10-22-44-37(53)16-8-6-14-35-39-33(27-59-35)46-42(56)48-39)26-32(52)13-5-3-11-23-45-38(54)17-9-7-15-36-40-34(28-60-36)47-43(57)49-40;50-30(11-3-1-9-21-43-36(52)15-7-5-13-34-38-32(26-58-34)45-41(56)47-38)24-49(23-28-17-19-29(20-18-28)40(54)55)25-31(51)12-4-2-10-22-44-37(53)16-8-6-14-35-39-33(27-59-35)46-42(57)48-39/h18-21,33-36,39-40H,2-17,22-28H2,1H3,(H,44,53)(H,45,54)(H2,46,48,56)(H2,47,49,57);17-20,32-35,38-39H,1-16,21-27H2,(H,43,52)(H,44,53)(H,54,55)(H2,45,47,56)(H2,46,48,57). The highest BCUT2D eigenvalue weighted by atomic mass is 32.2. The summed E-state index contributed by atoms with van der Waals surface area (Å²) in [5, 5.41) is 46.7. The molecular weight excluding hydrogens is 1600 g/mol. The van der Waals surface area contributed by atoms with Crippen LogP contribution in [0.25, 0.3) is 0 Å². The van der Waals surface area contributed by atoms with E-state index in [1.165, 1.54) is 19.2 Å². The zero-order chi connectivity index (χ0) is 84.7. The van der Waals surface area contributed by atoms with E-state index < -0.39 is 11.9 Å². The Morgan fingerprint density at radius 2 is 0.597 bits per heavy atom. The molecule has 119 heavy (non-hydrogen) atoms. The van der Waals surface area contributed by atoms with Crippen LogP contribution in [0.4, 0.5) is 19.2 Å². The Kier molecular flexibility index (Phi) is 41.6. The SMILES string of the molecule is COC(=O)c1ccc(CN(CC(=O)CCCCCNC(=O)CCCCC2SCC3NC(=O)NC32)CC(=O)CCCCCNC(=O)CCCCC2SCC3NC(=O)NC32)cc1.O=C(CCCCCNC(=O)CCCCC1SCC2NC(=O)NC21)CN(CC(=O)CCCCCNC(=O)CCCCC1SCC2NC(=O)NC21)Cc1ccc(C(=O)O)cc1. The number of ketones is 4. The number of carbonyl (C=O) groups excluding carboxylic acids is 13. The average molecular weight is 1730 g/mol. The molecule has 0 bridgehead atoms. The van der Waals surface area contributed by atoms with Gasteiger partial charge in [-0.3, -0.25) is 48.2 Å². The average Bonchev–Trinajstić information content (AvgIpc) is 1.69. The number of carboxylic acids is 1. The van der Waals surface area contributed by atoms with Crippen molar-refractivity contribution in [2.24, 2.45) is 0 Å². The van der Waals surface area contributed by atoms with E-state index in [-0.39, 0.29) is 151 Å². The van der Waals surface area contributed by atoms with Crippen LogP contribution in [0.3, 0.4) is 0 Å². The molecule has 0 saturated carbocycles. The number of benzene rings is 2. The van der Waals surface area contributed by atoms with Crippen LogP contribution in [0.15, 0.2) is 48.5 Å². The molecule has 12 atom stereocenters. The number of urea groups is 4. The number of nitrogens with one attached hydrogen (secondary N) is 12.